The molecule has 0 fully saturated rings. The van der Waals surface area contributed by atoms with Crippen LogP contribution in [0.1, 0.15) is 18.0 Å². The number of nitrogens with zero attached hydrogens (tertiary/aromatic N) is 2. The van der Waals surface area contributed by atoms with Crippen LogP contribution in [0.15, 0.2) is 30.5 Å². The zero-order valence-corrected chi connectivity index (χ0v) is 9.87. The molecular formula is C12H14ClN3. The predicted molar refractivity (Wildman–Crippen MR) is 67.3 cm³/mol. The van der Waals surface area contributed by atoms with Crippen molar-refractivity contribution in [1.82, 2.24) is 4.57 Å². The van der Waals surface area contributed by atoms with E-state index in [4.69, 9.17) is 11.0 Å². The quantitative estimate of drug-likeness (QED) is 0.870. The van der Waals surface area contributed by atoms with E-state index in [2.05, 4.69) is 12.1 Å². The zero-order chi connectivity index (χ0) is 10.8. The van der Waals surface area contributed by atoms with Crippen LogP contribution in [0, 0.1) is 11.3 Å². The molecule has 1 heterocycles. The first-order valence-electron chi connectivity index (χ1n) is 4.90. The van der Waals surface area contributed by atoms with Crippen LogP contribution in [0.25, 0.3) is 10.9 Å². The summed E-state index contributed by atoms with van der Waals surface area (Å²) in [5.74, 6) is 0. The van der Waals surface area contributed by atoms with Gasteiger partial charge in [0, 0.05) is 30.2 Å². The number of aromatic nitrogens is 1. The van der Waals surface area contributed by atoms with Gasteiger partial charge in [-0.2, -0.15) is 5.26 Å². The van der Waals surface area contributed by atoms with Gasteiger partial charge in [-0.25, -0.2) is 0 Å². The molecule has 16 heavy (non-hydrogen) atoms. The van der Waals surface area contributed by atoms with Gasteiger partial charge in [-0.05, 0) is 11.6 Å². The lowest BCUT2D eigenvalue weighted by Gasteiger charge is -2.04. The summed E-state index contributed by atoms with van der Waals surface area (Å²) >= 11 is 0. The molecule has 1 aromatic heterocycles. The lowest BCUT2D eigenvalue weighted by molar-refractivity contribution is 0.749. The summed E-state index contributed by atoms with van der Waals surface area (Å²) in [7, 11) is 1.99. The number of para-hydroxylation sites is 1. The van der Waals surface area contributed by atoms with Gasteiger partial charge in [-0.15, -0.1) is 12.4 Å². The third-order valence-corrected chi connectivity index (χ3v) is 2.64. The molecule has 1 aromatic carbocycles. The first kappa shape index (κ1) is 12.6. The minimum atomic E-state index is -0.193. The van der Waals surface area contributed by atoms with Crippen molar-refractivity contribution in [1.29, 1.82) is 5.26 Å². The molecule has 0 unspecified atom stereocenters. The maximum atomic E-state index is 8.64. The largest absolute Gasteiger partial charge is 0.350 e. The van der Waals surface area contributed by atoms with Crippen molar-refractivity contribution in [2.75, 3.05) is 0 Å². The Hall–Kier alpha value is -1.50. The van der Waals surface area contributed by atoms with E-state index >= 15 is 0 Å². The highest BCUT2D eigenvalue weighted by molar-refractivity contribution is 5.85. The highest BCUT2D eigenvalue weighted by Crippen LogP contribution is 2.25. The molecule has 0 aliphatic carbocycles. The second-order valence-corrected chi connectivity index (χ2v) is 3.68. The number of fused-ring (bicyclic) bond motifs is 1. The molecule has 2 aromatic rings. The Labute approximate surface area is 101 Å². The highest BCUT2D eigenvalue weighted by atomic mass is 35.5. The molecule has 0 saturated heterocycles. The molecule has 0 spiro atoms. The van der Waals surface area contributed by atoms with E-state index in [1.165, 1.54) is 0 Å². The lowest BCUT2D eigenvalue weighted by atomic mass is 10.0. The van der Waals surface area contributed by atoms with Crippen LogP contribution >= 0.6 is 12.4 Å². The molecule has 4 heteroatoms. The van der Waals surface area contributed by atoms with Crippen molar-refractivity contribution in [3.05, 3.63) is 36.0 Å². The van der Waals surface area contributed by atoms with Crippen molar-refractivity contribution in [3.8, 4) is 6.07 Å². The lowest BCUT2D eigenvalue weighted by Crippen LogP contribution is -2.08. The molecular weight excluding hydrogens is 222 g/mol. The van der Waals surface area contributed by atoms with E-state index in [0.29, 0.717) is 6.42 Å². The van der Waals surface area contributed by atoms with Gasteiger partial charge in [0.15, 0.2) is 0 Å². The number of benzene rings is 1. The van der Waals surface area contributed by atoms with Crippen molar-refractivity contribution < 1.29 is 0 Å². The molecule has 0 aliphatic heterocycles. The Morgan fingerprint density at radius 3 is 2.81 bits per heavy atom. The number of halogens is 1. The van der Waals surface area contributed by atoms with E-state index in [-0.39, 0.29) is 18.4 Å². The first-order valence-corrected chi connectivity index (χ1v) is 4.90. The third-order valence-electron chi connectivity index (χ3n) is 2.64. The van der Waals surface area contributed by atoms with Gasteiger partial charge < -0.3 is 10.3 Å². The number of aryl methyl sites for hydroxylation is 1. The fraction of sp³-hybridized carbons (Fsp3) is 0.250. The van der Waals surface area contributed by atoms with E-state index in [9.17, 15) is 0 Å². The molecule has 0 aliphatic rings. The van der Waals surface area contributed by atoms with Gasteiger partial charge in [0.05, 0.1) is 12.5 Å². The summed E-state index contributed by atoms with van der Waals surface area (Å²) in [6.45, 7) is 0. The summed E-state index contributed by atoms with van der Waals surface area (Å²) in [5, 5.41) is 9.78. The van der Waals surface area contributed by atoms with Crippen LogP contribution in [0.4, 0.5) is 0 Å². The summed E-state index contributed by atoms with van der Waals surface area (Å²) in [6, 6.07) is 10.0. The number of rotatable bonds is 2. The van der Waals surface area contributed by atoms with Gasteiger partial charge in [-0.1, -0.05) is 18.2 Å². The molecule has 84 valence electrons. The van der Waals surface area contributed by atoms with Crippen molar-refractivity contribution in [2.24, 2.45) is 12.8 Å². The van der Waals surface area contributed by atoms with E-state index < -0.39 is 0 Å². The van der Waals surface area contributed by atoms with Crippen LogP contribution in [0.2, 0.25) is 0 Å². The minimum Gasteiger partial charge on any atom is -0.350 e. The SMILES string of the molecule is Cl.Cn1cc([C@@H](N)CC#N)c2ccccc21. The summed E-state index contributed by atoms with van der Waals surface area (Å²) in [4.78, 5) is 0. The zero-order valence-electron chi connectivity index (χ0n) is 9.05. The maximum absolute atomic E-state index is 8.64. The summed E-state index contributed by atoms with van der Waals surface area (Å²) in [6.07, 6.45) is 2.36. The minimum absolute atomic E-state index is 0. The summed E-state index contributed by atoms with van der Waals surface area (Å²) in [5.41, 5.74) is 8.15. The van der Waals surface area contributed by atoms with Crippen LogP contribution in [-0.2, 0) is 7.05 Å². The average molecular weight is 236 g/mol. The van der Waals surface area contributed by atoms with E-state index in [1.54, 1.807) is 0 Å². The highest BCUT2D eigenvalue weighted by Gasteiger charge is 2.12. The third kappa shape index (κ3) is 2.04. The second-order valence-electron chi connectivity index (χ2n) is 3.68. The fourth-order valence-electron chi connectivity index (χ4n) is 1.88. The van der Waals surface area contributed by atoms with Crippen LogP contribution in [-0.4, -0.2) is 4.57 Å². The standard InChI is InChI=1S/C12H13N3.ClH/c1-15-8-10(11(14)6-7-13)9-4-2-3-5-12(9)15;/h2-5,8,11H,6,14H2,1H3;1H/t11-;/m0./s1. The van der Waals surface area contributed by atoms with Gasteiger partial charge in [0.25, 0.3) is 0 Å². The Morgan fingerprint density at radius 2 is 2.12 bits per heavy atom. The monoisotopic (exact) mass is 235 g/mol. The molecule has 1 atom stereocenters. The normalized spacial score (nSPS) is 11.8. The number of nitriles is 1. The number of nitrogens with two attached hydrogens (primary N) is 1. The molecule has 2 N–H and O–H groups in total. The molecule has 0 bridgehead atoms. The molecule has 2 rings (SSSR count). The van der Waals surface area contributed by atoms with Crippen molar-refractivity contribution >= 4 is 23.3 Å². The molecule has 0 radical (unpaired) electrons. The Balaban J connectivity index is 0.00000128. The second kappa shape index (κ2) is 5.02. The number of hydrogen-bond acceptors (Lipinski definition) is 2. The smallest absolute Gasteiger partial charge is 0.0641 e. The Morgan fingerprint density at radius 1 is 1.44 bits per heavy atom. The van der Waals surface area contributed by atoms with Crippen molar-refractivity contribution in [3.63, 3.8) is 0 Å². The maximum Gasteiger partial charge on any atom is 0.0641 e. The van der Waals surface area contributed by atoms with Gasteiger partial charge >= 0.3 is 0 Å². The van der Waals surface area contributed by atoms with Gasteiger partial charge in [-0.3, -0.25) is 0 Å². The fourth-order valence-corrected chi connectivity index (χ4v) is 1.88. The van der Waals surface area contributed by atoms with Crippen molar-refractivity contribution in [2.45, 2.75) is 12.5 Å². The number of hydrogen-bond donors (Lipinski definition) is 1. The van der Waals surface area contributed by atoms with Gasteiger partial charge in [0.1, 0.15) is 0 Å². The Bertz CT molecular complexity index is 525. The van der Waals surface area contributed by atoms with Crippen LogP contribution in [0.3, 0.4) is 0 Å². The molecule has 0 amide bonds. The first-order chi connectivity index (χ1) is 7.24. The van der Waals surface area contributed by atoms with Crippen LogP contribution < -0.4 is 5.73 Å². The average Bonchev–Trinajstić information content (AvgIpc) is 2.58. The topological polar surface area (TPSA) is 54.7 Å². The predicted octanol–water partition coefficient (Wildman–Crippen LogP) is 2.51. The molecule has 0 saturated carbocycles. The molecule has 3 nitrogen and oxygen atoms in total. The van der Waals surface area contributed by atoms with E-state index in [0.717, 1.165) is 16.5 Å². The summed E-state index contributed by atoms with van der Waals surface area (Å²) < 4.78 is 2.04. The Kier molecular flexibility index (Phi) is 3.94. The van der Waals surface area contributed by atoms with E-state index in [1.807, 2.05) is 36.0 Å². The van der Waals surface area contributed by atoms with Gasteiger partial charge in [0.2, 0.25) is 0 Å². The van der Waals surface area contributed by atoms with Crippen LogP contribution in [0.5, 0.6) is 0 Å².